The van der Waals surface area contributed by atoms with E-state index in [2.05, 4.69) is 44.0 Å². The molecule has 4 aliphatic carbocycles. The van der Waals surface area contributed by atoms with Crippen molar-refractivity contribution in [3.8, 4) is 11.8 Å². The van der Waals surface area contributed by atoms with Gasteiger partial charge >= 0.3 is 35.8 Å². The third kappa shape index (κ3) is 37.8. The normalized spacial score (nSPS) is 22.2. The van der Waals surface area contributed by atoms with Crippen molar-refractivity contribution < 1.29 is 128 Å². The van der Waals surface area contributed by atoms with Crippen LogP contribution in [0.1, 0.15) is 268 Å². The number of allylic oxidation sites excluding steroid dienone is 2. The number of nitrogens with one attached hydrogen (secondary N) is 3. The quantitative estimate of drug-likeness (QED) is 0.0126. The largest absolute Gasteiger partial charge is 0.481 e. The van der Waals surface area contributed by atoms with Crippen molar-refractivity contribution in [2.24, 2.45) is 46.2 Å². The maximum absolute atomic E-state index is 14.7. The Morgan fingerprint density at radius 1 is 0.496 bits per heavy atom. The molecule has 4 aromatic rings. The van der Waals surface area contributed by atoms with Gasteiger partial charge in [0.2, 0.25) is 49.5 Å². The van der Waals surface area contributed by atoms with Crippen LogP contribution >= 0.6 is 12.4 Å². The van der Waals surface area contributed by atoms with E-state index in [4.69, 9.17) is 53.5 Å². The minimum atomic E-state index is -3.86. The molecule has 137 heavy (non-hydrogen) atoms. The SMILES string of the molecule is C=C[C@@H]1C[C@]1(CC(=O)[C@@H]1C[C@@H](Oc2nccc3cc(C)ccc23)CN1)C(=O)NS(=O)(=O)C1CC1.C=C[C@@H]1C[C@]1(CC(=O)[C@@H]1C[C@@H](Oc2nccc3cc(C)ccc23)CN1C(=O)[C@@H](CC(=O)OC(C)(C)C)[C@H](C)OC(C)(C)C)C(=O)NS(=O)(=O)C1CC1.C[C@H](OC(C)(C)C)C(CC(=O)OC(C)(C)C)C(=O)O.C[C@H](OC(C)(C)C)C(CC(=O)OC(C)(C)C)C(=O)O.C[C@H](OC(C)(C)C)C(N)C(=O)O.Cl. The maximum atomic E-state index is 14.7. The number of carbonyl (C=O) groups is 11. The van der Waals surface area contributed by atoms with E-state index in [9.17, 15) is 79.8 Å². The van der Waals surface area contributed by atoms with Gasteiger partial charge in [0.25, 0.3) is 0 Å². The fourth-order valence-electron chi connectivity index (χ4n) is 16.1. The Hall–Kier alpha value is -9.14. The molecule has 2 saturated heterocycles. The Kier molecular flexibility index (Phi) is 41.0. The minimum Gasteiger partial charge on any atom is -0.481 e. The number of likely N-dealkylation sites (tertiary alicyclic amines) is 1. The number of aryl methyl sites for hydroxylation is 2. The van der Waals surface area contributed by atoms with Gasteiger partial charge < -0.3 is 73.9 Å². The lowest BCUT2D eigenvalue weighted by Crippen LogP contribution is -2.49. The Labute approximate surface area is 814 Å². The second-order valence-electron chi connectivity index (χ2n) is 43.6. The molecule has 3 unspecified atom stereocenters. The number of ketones is 2. The first-order valence-corrected chi connectivity index (χ1v) is 49.6. The van der Waals surface area contributed by atoms with E-state index in [0.29, 0.717) is 56.8 Å². The molecule has 0 spiro atoms. The van der Waals surface area contributed by atoms with Gasteiger partial charge in [0.15, 0.2) is 11.6 Å². The number of aliphatic carboxylic acids is 3. The first-order valence-electron chi connectivity index (χ1n) is 46.5. The number of hydrogen-bond acceptors (Lipinski definition) is 28. The maximum Gasteiger partial charge on any atom is 0.323 e. The van der Waals surface area contributed by atoms with Crippen LogP contribution in [0.2, 0.25) is 0 Å². The average molecular weight is 1980 g/mol. The molecule has 37 heteroatoms. The van der Waals surface area contributed by atoms with E-state index in [0.717, 1.165) is 32.7 Å². The molecule has 10 rings (SSSR count). The number of nitrogens with two attached hydrogens (primary N) is 1. The molecule has 4 heterocycles. The molecule has 2 aromatic carbocycles. The van der Waals surface area contributed by atoms with Gasteiger partial charge in [-0.15, -0.1) is 25.6 Å². The van der Waals surface area contributed by atoms with Crippen molar-refractivity contribution >= 4 is 119 Å². The number of fused-ring (bicyclic) bond motifs is 2. The number of amides is 3. The molecule has 16 atom stereocenters. The number of Topliss-reactive ketones (excluding diaryl/α,β-unsaturated/α-hetero) is 2. The highest BCUT2D eigenvalue weighted by molar-refractivity contribution is 7.91. The standard InChI is InChI=1S/C39H53N3O9S.C25H29N3O5S.2C14H26O5.C8H17NO3.ClH/c1-10-26-20-39(26,36(46)41-52(47,48)28-12-13-28)21-32(43)31-18-27(49-34-29-14-11-23(2)17-25(29)15-16-40-34)22-42(31)35(45)30(24(3)50-37(4,5)6)19-33(44)51-38(7,8)9;1-3-17-12-25(17,24(30)28-34(31,32)19-5-6-19)13-22(29)21-11-18(14-27-21)33-23-20-7-4-15(2)10-16(20)8-9-26-23;2*1-9(18-13(2,3)4)10(12(16)17)8-11(15)19-14(5,6)7;1-5(6(9)7(10)11)12-8(2,3)4;/h10-11,14-17,24,26-28,30-31H,1,12-13,18-22H2,2-9H3,(H,41,46);3-4,7-10,17-19,21,27H,1,5-6,11-14H2,2H3,(H,28,30);2*9-10H,8H2,1-7H3,(H,16,17);5-6H,9H2,1-4H3,(H,10,11);1H/t24-,26+,27+,30-,31-,39+;17-,18-,21+,25-;2*9-,10?;5-,6?;/m01000./s1. The number of nitrogens with zero attached hydrogens (tertiary/aromatic N) is 3. The number of hydrogen-bond donors (Lipinski definition) is 7. The van der Waals surface area contributed by atoms with Crippen molar-refractivity contribution in [1.82, 2.24) is 29.6 Å². The van der Waals surface area contributed by atoms with Gasteiger partial charge in [-0.25, -0.2) is 26.8 Å². The van der Waals surface area contributed by atoms with Crippen LogP contribution in [0, 0.1) is 54.3 Å². The summed E-state index contributed by atoms with van der Waals surface area (Å²) in [4.78, 5) is 148. The molecular formula is C100H152ClN7O27S2. The Bertz CT molecular complexity index is 5120. The number of pyridine rings is 2. The lowest BCUT2D eigenvalue weighted by molar-refractivity contribution is -0.166. The lowest BCUT2D eigenvalue weighted by atomic mass is 9.90. The number of carboxylic acid groups (broad SMARTS) is 3. The topological polar surface area (TPSA) is 491 Å². The van der Waals surface area contributed by atoms with Crippen LogP contribution in [0.4, 0.5) is 0 Å². The van der Waals surface area contributed by atoms with Crippen LogP contribution in [0.3, 0.4) is 0 Å². The molecule has 4 saturated carbocycles. The number of sulfonamides is 2. The summed E-state index contributed by atoms with van der Waals surface area (Å²) in [6.07, 6.45) is 5.67. The number of benzene rings is 2. The lowest BCUT2D eigenvalue weighted by Gasteiger charge is -2.34. The molecule has 3 amide bonds. The number of halogens is 1. The third-order valence-electron chi connectivity index (χ3n) is 22.9. The predicted molar refractivity (Wildman–Crippen MR) is 520 cm³/mol. The van der Waals surface area contributed by atoms with Crippen LogP contribution in [-0.2, 0) is 106 Å². The van der Waals surface area contributed by atoms with E-state index in [-0.39, 0.29) is 87.3 Å². The molecule has 0 radical (unpaired) electrons. The van der Waals surface area contributed by atoms with Crippen molar-refractivity contribution in [2.45, 2.75) is 375 Å². The highest BCUT2D eigenvalue weighted by Gasteiger charge is 2.63. The van der Waals surface area contributed by atoms with Crippen molar-refractivity contribution in [3.05, 3.63) is 97.4 Å². The van der Waals surface area contributed by atoms with Crippen LogP contribution in [-0.4, -0.2) is 230 Å². The zero-order valence-corrected chi connectivity index (χ0v) is 87.4. The number of ether oxygens (including phenoxy) is 9. The number of rotatable bonds is 36. The number of carbonyl (C=O) groups excluding carboxylic acids is 8. The van der Waals surface area contributed by atoms with Gasteiger partial charge in [-0.2, -0.15) is 0 Å². The van der Waals surface area contributed by atoms with Crippen LogP contribution in [0.5, 0.6) is 11.8 Å². The van der Waals surface area contributed by atoms with Crippen LogP contribution in [0.15, 0.2) is 86.2 Å². The Balaban J connectivity index is 0.000000334. The molecule has 768 valence electrons. The van der Waals surface area contributed by atoms with Gasteiger partial charge in [0, 0.05) is 55.4 Å². The van der Waals surface area contributed by atoms with Gasteiger partial charge in [-0.05, 0) is 272 Å². The number of esters is 3. The van der Waals surface area contributed by atoms with E-state index in [1.165, 1.54) is 4.90 Å². The predicted octanol–water partition coefficient (Wildman–Crippen LogP) is 13.9. The summed E-state index contributed by atoms with van der Waals surface area (Å²) in [5.41, 5.74) is 1.28. The summed E-state index contributed by atoms with van der Waals surface area (Å²) in [6.45, 7) is 56.7. The summed E-state index contributed by atoms with van der Waals surface area (Å²) in [5.74, 6) is -9.65. The van der Waals surface area contributed by atoms with E-state index >= 15 is 0 Å². The molecule has 34 nitrogen and oxygen atoms in total. The summed E-state index contributed by atoms with van der Waals surface area (Å²) in [7, 11) is -7.53. The Morgan fingerprint density at radius 2 is 0.839 bits per heavy atom. The highest BCUT2D eigenvalue weighted by Crippen LogP contribution is 2.58. The van der Waals surface area contributed by atoms with Crippen molar-refractivity contribution in [1.29, 1.82) is 0 Å². The van der Waals surface area contributed by atoms with Crippen molar-refractivity contribution in [3.63, 3.8) is 0 Å². The first kappa shape index (κ1) is 118. The average Bonchev–Trinajstić information content (AvgIpc) is 1.58. The van der Waals surface area contributed by atoms with Gasteiger partial charge in [-0.1, -0.05) is 47.5 Å². The van der Waals surface area contributed by atoms with E-state index in [1.807, 2.05) is 139 Å². The number of carboxylic acids is 3. The second-order valence-corrected chi connectivity index (χ2v) is 47.5. The van der Waals surface area contributed by atoms with Gasteiger partial charge in [-0.3, -0.25) is 62.2 Å². The molecule has 0 bridgehead atoms. The minimum absolute atomic E-state index is 0. The molecular weight excluding hydrogens is 1830 g/mol. The second kappa shape index (κ2) is 47.4. The monoisotopic (exact) mass is 1980 g/mol. The molecule has 8 N–H and O–H groups in total. The molecule has 6 fully saturated rings. The summed E-state index contributed by atoms with van der Waals surface area (Å²) in [6, 6.07) is 13.3. The molecule has 6 aliphatic rings. The van der Waals surface area contributed by atoms with E-state index in [1.54, 1.807) is 115 Å². The van der Waals surface area contributed by atoms with Crippen molar-refractivity contribution in [2.75, 3.05) is 13.1 Å². The van der Waals surface area contributed by atoms with E-state index < -0.39 is 207 Å². The van der Waals surface area contributed by atoms with Crippen LogP contribution in [0.25, 0.3) is 21.5 Å². The molecule has 2 aromatic heterocycles. The van der Waals surface area contributed by atoms with Gasteiger partial charge in [0.1, 0.15) is 35.1 Å². The number of aromatic nitrogens is 2. The third-order valence-corrected chi connectivity index (χ3v) is 26.5. The zero-order chi connectivity index (χ0) is 103. The van der Waals surface area contributed by atoms with Crippen LogP contribution < -0.4 is 30.0 Å². The Morgan fingerprint density at radius 3 is 1.17 bits per heavy atom. The molecule has 2 aliphatic heterocycles. The smallest absolute Gasteiger partial charge is 0.323 e. The summed E-state index contributed by atoms with van der Waals surface area (Å²) >= 11 is 0. The summed E-state index contributed by atoms with van der Waals surface area (Å²) < 4.78 is 106. The zero-order valence-electron chi connectivity index (χ0n) is 85.0. The first-order chi connectivity index (χ1) is 62.2. The summed E-state index contributed by atoms with van der Waals surface area (Å²) in [5, 5.41) is 32.7. The highest BCUT2D eigenvalue weighted by atomic mass is 35.5. The fraction of sp³-hybridized carbons (Fsp3) is 0.670. The fourth-order valence-corrected chi connectivity index (χ4v) is 18.9. The van der Waals surface area contributed by atoms with Gasteiger partial charge in [0.05, 0.1) is 124 Å².